The highest BCUT2D eigenvalue weighted by Crippen LogP contribution is 2.32. The number of hydrogen-bond donors (Lipinski definition) is 2. The third-order valence-electron chi connectivity index (χ3n) is 4.64. The van der Waals surface area contributed by atoms with Crippen LogP contribution in [-0.4, -0.2) is 42.0 Å². The number of aromatic nitrogens is 2. The average Bonchev–Trinajstić information content (AvgIpc) is 3.18. The number of hydrogen-bond acceptors (Lipinski definition) is 6. The third kappa shape index (κ3) is 3.97. The summed E-state index contributed by atoms with van der Waals surface area (Å²) in [6.45, 7) is 0. The summed E-state index contributed by atoms with van der Waals surface area (Å²) in [5, 5.41) is 3.34. The van der Waals surface area contributed by atoms with Crippen molar-refractivity contribution in [3.8, 4) is 0 Å². The van der Waals surface area contributed by atoms with Crippen LogP contribution < -0.4 is 10.0 Å². The first kappa shape index (κ1) is 19.0. The van der Waals surface area contributed by atoms with E-state index in [1.54, 1.807) is 30.5 Å². The Labute approximate surface area is 158 Å². The van der Waals surface area contributed by atoms with E-state index in [0.717, 1.165) is 12.1 Å². The van der Waals surface area contributed by atoms with Gasteiger partial charge in [-0.2, -0.15) is 0 Å². The van der Waals surface area contributed by atoms with E-state index >= 15 is 0 Å². The fraction of sp³-hybridized carbons (Fsp3) is 0.333. The van der Waals surface area contributed by atoms with Crippen LogP contribution in [0, 0.1) is 0 Å². The van der Waals surface area contributed by atoms with Crippen molar-refractivity contribution in [2.75, 3.05) is 18.0 Å². The summed E-state index contributed by atoms with van der Waals surface area (Å²) in [6, 6.07) is 6.44. The van der Waals surface area contributed by atoms with Gasteiger partial charge in [0.25, 0.3) is 0 Å². The van der Waals surface area contributed by atoms with Crippen molar-refractivity contribution in [3.05, 3.63) is 60.4 Å². The van der Waals surface area contributed by atoms with Gasteiger partial charge in [-0.25, -0.2) is 13.4 Å². The number of benzene rings is 1. The highest BCUT2D eigenvalue weighted by molar-refractivity contribution is 7.92. The molecule has 0 bridgehead atoms. The number of carbonyl (C=O) groups excluding carboxylic acids is 1. The van der Waals surface area contributed by atoms with Crippen molar-refractivity contribution >= 4 is 21.5 Å². The van der Waals surface area contributed by atoms with E-state index in [-0.39, 0.29) is 5.78 Å². The molecule has 144 valence electrons. The van der Waals surface area contributed by atoms with E-state index in [1.807, 2.05) is 42.2 Å². The number of aryl methyl sites for hydroxylation is 1. The standard InChI is InChI=1S/C18H23N5O3S/c1-22-12-10-19-17(22)18(20-11-13-23(18)2)9-8-16(24)14-4-6-15(7-5-14)21-27(3,25)26/h4-7,10-13,20-21H,8-9H2,1-3H3. The molecule has 9 heteroatoms. The van der Waals surface area contributed by atoms with Crippen LogP contribution in [0.3, 0.4) is 0 Å². The predicted octanol–water partition coefficient (Wildman–Crippen LogP) is 1.61. The molecule has 0 aliphatic carbocycles. The summed E-state index contributed by atoms with van der Waals surface area (Å²) >= 11 is 0. The molecule has 2 heterocycles. The molecule has 0 fully saturated rings. The van der Waals surface area contributed by atoms with Crippen molar-refractivity contribution in [1.82, 2.24) is 19.8 Å². The Kier molecular flexibility index (Phi) is 4.97. The lowest BCUT2D eigenvalue weighted by Gasteiger charge is -2.36. The Bertz CT molecular complexity index is 965. The fourth-order valence-electron chi connectivity index (χ4n) is 3.24. The molecule has 1 aliphatic rings. The van der Waals surface area contributed by atoms with Crippen LogP contribution in [0.15, 0.2) is 49.1 Å². The first-order chi connectivity index (χ1) is 12.7. The molecule has 1 aromatic carbocycles. The molecule has 2 aromatic rings. The minimum Gasteiger partial charge on any atom is -0.361 e. The second-order valence-electron chi connectivity index (χ2n) is 6.67. The molecule has 3 rings (SSSR count). The van der Waals surface area contributed by atoms with Crippen molar-refractivity contribution in [2.24, 2.45) is 7.05 Å². The molecule has 27 heavy (non-hydrogen) atoms. The maximum Gasteiger partial charge on any atom is 0.229 e. The average molecular weight is 389 g/mol. The Morgan fingerprint density at radius 2 is 1.96 bits per heavy atom. The Balaban J connectivity index is 1.73. The van der Waals surface area contributed by atoms with Gasteiger partial charge in [-0.3, -0.25) is 9.52 Å². The van der Waals surface area contributed by atoms with Gasteiger partial charge in [-0.05, 0) is 24.3 Å². The second-order valence-corrected chi connectivity index (χ2v) is 8.42. The van der Waals surface area contributed by atoms with Crippen LogP contribution in [0.1, 0.15) is 29.0 Å². The lowest BCUT2D eigenvalue weighted by Crippen LogP contribution is -2.48. The molecule has 1 aromatic heterocycles. The summed E-state index contributed by atoms with van der Waals surface area (Å²) in [6.07, 6.45) is 9.31. The zero-order chi connectivity index (χ0) is 19.7. The van der Waals surface area contributed by atoms with Crippen molar-refractivity contribution in [1.29, 1.82) is 0 Å². The number of carbonyl (C=O) groups is 1. The van der Waals surface area contributed by atoms with Gasteiger partial charge >= 0.3 is 0 Å². The largest absolute Gasteiger partial charge is 0.361 e. The molecule has 2 N–H and O–H groups in total. The normalized spacial score (nSPS) is 19.1. The molecule has 0 saturated carbocycles. The number of sulfonamides is 1. The number of nitrogens with one attached hydrogen (secondary N) is 2. The van der Waals surface area contributed by atoms with Crippen LogP contribution in [-0.2, 0) is 22.7 Å². The molecule has 1 atom stereocenters. The highest BCUT2D eigenvalue weighted by Gasteiger charge is 2.40. The monoisotopic (exact) mass is 389 g/mol. The van der Waals surface area contributed by atoms with Crippen LogP contribution in [0.4, 0.5) is 5.69 Å². The SMILES string of the molecule is CN1C=CNC1(CCC(=O)c1ccc(NS(C)(=O)=O)cc1)c1nccn1C. The molecule has 0 saturated heterocycles. The van der Waals surface area contributed by atoms with Gasteiger partial charge in [0.15, 0.2) is 17.3 Å². The first-order valence-corrected chi connectivity index (χ1v) is 10.4. The van der Waals surface area contributed by atoms with Gasteiger partial charge in [0.2, 0.25) is 10.0 Å². The summed E-state index contributed by atoms with van der Waals surface area (Å²) in [7, 11) is 0.530. The molecular formula is C18H23N5O3S. The van der Waals surface area contributed by atoms with Gasteiger partial charge in [-0.1, -0.05) is 0 Å². The van der Waals surface area contributed by atoms with Crippen LogP contribution >= 0.6 is 0 Å². The van der Waals surface area contributed by atoms with Crippen LogP contribution in [0.5, 0.6) is 0 Å². The van der Waals surface area contributed by atoms with Gasteiger partial charge in [0.1, 0.15) is 0 Å². The van der Waals surface area contributed by atoms with Gasteiger partial charge in [-0.15, -0.1) is 0 Å². The van der Waals surface area contributed by atoms with E-state index in [0.29, 0.717) is 24.1 Å². The Hall–Kier alpha value is -2.81. The zero-order valence-corrected chi connectivity index (χ0v) is 16.3. The number of Topliss-reactive ketones (excluding diaryl/α,β-unsaturated/α-hetero) is 1. The maximum absolute atomic E-state index is 12.7. The summed E-state index contributed by atoms with van der Waals surface area (Å²) in [4.78, 5) is 19.1. The van der Waals surface area contributed by atoms with E-state index in [2.05, 4.69) is 15.0 Å². The maximum atomic E-state index is 12.7. The van der Waals surface area contributed by atoms with Gasteiger partial charge < -0.3 is 14.8 Å². The van der Waals surface area contributed by atoms with E-state index < -0.39 is 15.7 Å². The molecule has 8 nitrogen and oxygen atoms in total. The molecule has 0 spiro atoms. The van der Waals surface area contributed by atoms with Crippen molar-refractivity contribution in [2.45, 2.75) is 18.5 Å². The van der Waals surface area contributed by atoms with E-state index in [9.17, 15) is 13.2 Å². The summed E-state index contributed by atoms with van der Waals surface area (Å²) in [5.74, 6) is 0.812. The molecular weight excluding hydrogens is 366 g/mol. The first-order valence-electron chi connectivity index (χ1n) is 8.47. The topological polar surface area (TPSA) is 96.3 Å². The molecule has 0 amide bonds. The lowest BCUT2D eigenvalue weighted by atomic mass is 9.97. The van der Waals surface area contributed by atoms with E-state index in [4.69, 9.17) is 0 Å². The van der Waals surface area contributed by atoms with E-state index in [1.165, 1.54) is 0 Å². The molecule has 1 aliphatic heterocycles. The molecule has 0 radical (unpaired) electrons. The minimum absolute atomic E-state index is 0.0170. The highest BCUT2D eigenvalue weighted by atomic mass is 32.2. The van der Waals surface area contributed by atoms with Gasteiger partial charge in [0, 0.05) is 63.0 Å². The zero-order valence-electron chi connectivity index (χ0n) is 15.5. The van der Waals surface area contributed by atoms with Crippen molar-refractivity contribution in [3.63, 3.8) is 0 Å². The van der Waals surface area contributed by atoms with Gasteiger partial charge in [0.05, 0.1) is 6.26 Å². The Morgan fingerprint density at radius 1 is 1.26 bits per heavy atom. The number of imidazole rings is 1. The second kappa shape index (κ2) is 7.07. The number of ketones is 1. The fourth-order valence-corrected chi connectivity index (χ4v) is 3.80. The smallest absolute Gasteiger partial charge is 0.229 e. The van der Waals surface area contributed by atoms with Crippen LogP contribution in [0.2, 0.25) is 0 Å². The lowest BCUT2D eigenvalue weighted by molar-refractivity contribution is 0.0911. The number of rotatable bonds is 7. The van der Waals surface area contributed by atoms with Crippen molar-refractivity contribution < 1.29 is 13.2 Å². The number of nitrogens with zero attached hydrogens (tertiary/aromatic N) is 3. The predicted molar refractivity (Wildman–Crippen MR) is 103 cm³/mol. The summed E-state index contributed by atoms with van der Waals surface area (Å²) < 4.78 is 26.9. The van der Waals surface area contributed by atoms with Crippen LogP contribution in [0.25, 0.3) is 0 Å². The number of anilines is 1. The minimum atomic E-state index is -3.34. The Morgan fingerprint density at radius 3 is 2.48 bits per heavy atom. The summed E-state index contributed by atoms with van der Waals surface area (Å²) in [5.41, 5.74) is 0.392. The third-order valence-corrected chi connectivity index (χ3v) is 5.24. The quantitative estimate of drug-likeness (QED) is 0.699. The molecule has 1 unspecified atom stereocenters.